The highest BCUT2D eigenvalue weighted by Gasteiger charge is 2.49. The first-order chi connectivity index (χ1) is 6.97. The van der Waals surface area contributed by atoms with Gasteiger partial charge in [-0.05, 0) is 18.6 Å². The van der Waals surface area contributed by atoms with E-state index < -0.39 is 11.7 Å². The first kappa shape index (κ1) is 9.33. The lowest BCUT2D eigenvalue weighted by atomic mass is 10.1. The molecule has 3 rings (SSSR count). The molecule has 0 spiro atoms. The van der Waals surface area contributed by atoms with Gasteiger partial charge in [0.15, 0.2) is 0 Å². The van der Waals surface area contributed by atoms with E-state index in [0.717, 1.165) is 12.5 Å². The molecule has 2 aliphatic rings. The van der Waals surface area contributed by atoms with Crippen LogP contribution in [0.15, 0.2) is 12.1 Å². The van der Waals surface area contributed by atoms with Crippen molar-refractivity contribution in [3.63, 3.8) is 0 Å². The van der Waals surface area contributed by atoms with Gasteiger partial charge < -0.3 is 4.74 Å². The summed E-state index contributed by atoms with van der Waals surface area (Å²) in [7, 11) is 0. The average Bonchev–Trinajstić information content (AvgIpc) is 2.76. The molecule has 5 heteroatoms. The zero-order chi connectivity index (χ0) is 10.8. The van der Waals surface area contributed by atoms with Crippen LogP contribution in [-0.2, 0) is 6.18 Å². The lowest BCUT2D eigenvalue weighted by molar-refractivity contribution is -0.137. The highest BCUT2D eigenvalue weighted by atomic mass is 35.5. The molecular formula is C10H6ClF3O. The van der Waals surface area contributed by atoms with Crippen LogP contribution < -0.4 is 4.74 Å². The van der Waals surface area contributed by atoms with Crippen molar-refractivity contribution in [2.24, 2.45) is 0 Å². The van der Waals surface area contributed by atoms with Gasteiger partial charge in [-0.2, -0.15) is 13.2 Å². The summed E-state index contributed by atoms with van der Waals surface area (Å²) in [5.41, 5.74) is -0.115. The maximum Gasteiger partial charge on any atom is 0.417 e. The topological polar surface area (TPSA) is 9.23 Å². The lowest BCUT2D eigenvalue weighted by Crippen LogP contribution is -2.06. The van der Waals surface area contributed by atoms with Crippen LogP contribution in [0.25, 0.3) is 0 Å². The fourth-order valence-corrected chi connectivity index (χ4v) is 2.23. The SMILES string of the molecule is FC(F)(F)c1cc2c(cc1Cl)OC1CC21. The molecule has 1 nitrogen and oxygen atoms in total. The van der Waals surface area contributed by atoms with E-state index in [0.29, 0.717) is 11.3 Å². The number of hydrogen-bond acceptors (Lipinski definition) is 1. The van der Waals surface area contributed by atoms with Crippen LogP contribution >= 0.6 is 11.6 Å². The standard InChI is InChI=1S/C10H6ClF3O/c11-7-3-9-4(5-2-8(5)15-9)1-6(7)10(12,13)14/h1,3,5,8H,2H2. The Morgan fingerprint density at radius 3 is 2.73 bits per heavy atom. The van der Waals surface area contributed by atoms with E-state index >= 15 is 0 Å². The van der Waals surface area contributed by atoms with Crippen molar-refractivity contribution < 1.29 is 17.9 Å². The van der Waals surface area contributed by atoms with Gasteiger partial charge in [0.1, 0.15) is 11.9 Å². The van der Waals surface area contributed by atoms with Gasteiger partial charge in [0, 0.05) is 11.5 Å². The summed E-state index contributed by atoms with van der Waals surface area (Å²) in [5, 5.41) is -0.289. The Hall–Kier alpha value is -0.900. The molecule has 0 saturated heterocycles. The zero-order valence-electron chi connectivity index (χ0n) is 7.44. The van der Waals surface area contributed by atoms with Gasteiger partial charge in [0.2, 0.25) is 0 Å². The molecule has 0 N–H and O–H groups in total. The molecule has 0 amide bonds. The van der Waals surface area contributed by atoms with E-state index in [4.69, 9.17) is 16.3 Å². The zero-order valence-corrected chi connectivity index (χ0v) is 8.19. The minimum absolute atomic E-state index is 0.0829. The molecule has 1 heterocycles. The number of fused-ring (bicyclic) bond motifs is 3. The molecule has 15 heavy (non-hydrogen) atoms. The van der Waals surface area contributed by atoms with Crippen LogP contribution in [0.1, 0.15) is 23.5 Å². The number of alkyl halides is 3. The minimum Gasteiger partial charge on any atom is -0.489 e. The molecule has 2 atom stereocenters. The molecule has 1 fully saturated rings. The summed E-state index contributed by atoms with van der Waals surface area (Å²) in [6.07, 6.45) is -3.48. The van der Waals surface area contributed by atoms with Gasteiger partial charge in [-0.25, -0.2) is 0 Å². The quantitative estimate of drug-likeness (QED) is 0.666. The molecule has 0 bridgehead atoms. The normalized spacial score (nSPS) is 26.9. The van der Waals surface area contributed by atoms with Crippen molar-refractivity contribution in [1.82, 2.24) is 0 Å². The molecule has 1 aromatic carbocycles. The lowest BCUT2D eigenvalue weighted by Gasteiger charge is -2.11. The van der Waals surface area contributed by atoms with Crippen molar-refractivity contribution in [2.75, 3.05) is 0 Å². The summed E-state index contributed by atoms with van der Waals surface area (Å²) in [5.74, 6) is 0.660. The van der Waals surface area contributed by atoms with Crippen LogP contribution in [0, 0.1) is 0 Å². The second kappa shape index (κ2) is 2.61. The van der Waals surface area contributed by atoms with E-state index in [1.807, 2.05) is 0 Å². The monoisotopic (exact) mass is 234 g/mol. The summed E-state index contributed by atoms with van der Waals surface area (Å²) < 4.78 is 43.0. The number of hydrogen-bond donors (Lipinski definition) is 0. The maximum absolute atomic E-state index is 12.5. The summed E-state index contributed by atoms with van der Waals surface area (Å²) in [6.45, 7) is 0. The van der Waals surface area contributed by atoms with E-state index in [1.54, 1.807) is 0 Å². The second-order valence-corrected chi connectivity index (χ2v) is 4.27. The fourth-order valence-electron chi connectivity index (χ4n) is 1.97. The number of rotatable bonds is 0. The largest absolute Gasteiger partial charge is 0.489 e. The molecule has 0 aromatic heterocycles. The Morgan fingerprint density at radius 2 is 2.07 bits per heavy atom. The maximum atomic E-state index is 12.5. The van der Waals surface area contributed by atoms with Crippen LogP contribution in [0.2, 0.25) is 5.02 Å². The van der Waals surface area contributed by atoms with Crippen LogP contribution in [0.5, 0.6) is 5.75 Å². The van der Waals surface area contributed by atoms with Crippen molar-refractivity contribution in [3.05, 3.63) is 28.3 Å². The van der Waals surface area contributed by atoms with E-state index in [-0.39, 0.29) is 17.0 Å². The Labute approximate surface area is 88.8 Å². The predicted molar refractivity (Wildman–Crippen MR) is 48.2 cm³/mol. The molecule has 0 radical (unpaired) electrons. The Kier molecular flexibility index (Phi) is 1.63. The molecule has 1 aliphatic carbocycles. The molecule has 80 valence electrons. The van der Waals surface area contributed by atoms with Crippen LogP contribution in [-0.4, -0.2) is 6.10 Å². The fraction of sp³-hybridized carbons (Fsp3) is 0.400. The number of ether oxygens (including phenoxy) is 1. The van der Waals surface area contributed by atoms with Gasteiger partial charge in [0.25, 0.3) is 0 Å². The Bertz CT molecular complexity index is 441. The van der Waals surface area contributed by atoms with Crippen LogP contribution in [0.4, 0.5) is 13.2 Å². The Balaban J connectivity index is 2.14. The number of halogens is 4. The van der Waals surface area contributed by atoms with Crippen molar-refractivity contribution in [2.45, 2.75) is 24.6 Å². The third-order valence-electron chi connectivity index (χ3n) is 2.81. The smallest absolute Gasteiger partial charge is 0.417 e. The summed E-state index contributed by atoms with van der Waals surface area (Å²) in [6, 6.07) is 2.39. The van der Waals surface area contributed by atoms with Crippen molar-refractivity contribution in [3.8, 4) is 5.75 Å². The highest BCUT2D eigenvalue weighted by Crippen LogP contribution is 2.55. The molecule has 1 aromatic rings. The third-order valence-corrected chi connectivity index (χ3v) is 3.13. The van der Waals surface area contributed by atoms with Crippen molar-refractivity contribution in [1.29, 1.82) is 0 Å². The summed E-state index contributed by atoms with van der Waals surface area (Å²) in [4.78, 5) is 0. The van der Waals surface area contributed by atoms with Crippen LogP contribution in [0.3, 0.4) is 0 Å². The van der Waals surface area contributed by atoms with E-state index in [1.165, 1.54) is 6.07 Å². The average molecular weight is 235 g/mol. The second-order valence-electron chi connectivity index (χ2n) is 3.87. The van der Waals surface area contributed by atoms with E-state index in [9.17, 15) is 13.2 Å². The molecule has 1 aliphatic heterocycles. The Morgan fingerprint density at radius 1 is 1.33 bits per heavy atom. The first-order valence-electron chi connectivity index (χ1n) is 4.54. The van der Waals surface area contributed by atoms with Crippen molar-refractivity contribution >= 4 is 11.6 Å². The number of benzene rings is 1. The van der Waals surface area contributed by atoms with Gasteiger partial charge in [-0.3, -0.25) is 0 Å². The van der Waals surface area contributed by atoms with Gasteiger partial charge in [0.05, 0.1) is 10.6 Å². The predicted octanol–water partition coefficient (Wildman–Crippen LogP) is 3.61. The highest BCUT2D eigenvalue weighted by molar-refractivity contribution is 6.31. The first-order valence-corrected chi connectivity index (χ1v) is 4.92. The summed E-state index contributed by atoms with van der Waals surface area (Å²) >= 11 is 5.56. The molecular weight excluding hydrogens is 229 g/mol. The van der Waals surface area contributed by atoms with Gasteiger partial charge in [-0.1, -0.05) is 11.6 Å². The van der Waals surface area contributed by atoms with Gasteiger partial charge >= 0.3 is 6.18 Å². The molecule has 2 unspecified atom stereocenters. The minimum atomic E-state index is -4.39. The third kappa shape index (κ3) is 1.31. The van der Waals surface area contributed by atoms with Gasteiger partial charge in [-0.15, -0.1) is 0 Å². The molecule has 1 saturated carbocycles. The van der Waals surface area contributed by atoms with E-state index in [2.05, 4.69) is 0 Å².